The van der Waals surface area contributed by atoms with E-state index in [-0.39, 0.29) is 48.0 Å². The number of anilines is 2. The van der Waals surface area contributed by atoms with Gasteiger partial charge in [-0.2, -0.15) is 9.13 Å². The molecule has 0 aliphatic carbocycles. The van der Waals surface area contributed by atoms with Crippen LogP contribution in [0, 0.1) is 0 Å². The van der Waals surface area contributed by atoms with Crippen LogP contribution < -0.4 is 66.9 Å². The molecule has 0 atom stereocenters. The van der Waals surface area contributed by atoms with Crippen molar-refractivity contribution in [3.63, 3.8) is 0 Å². The summed E-state index contributed by atoms with van der Waals surface area (Å²) < 4.78 is 4.57. The van der Waals surface area contributed by atoms with Gasteiger partial charge in [-0.25, -0.2) is 0 Å². The minimum absolute atomic E-state index is 0. The quantitative estimate of drug-likeness (QED) is 0.158. The Morgan fingerprint density at radius 1 is 0.500 bits per heavy atom. The van der Waals surface area contributed by atoms with Crippen LogP contribution in [0.4, 0.5) is 11.4 Å². The fourth-order valence-corrected chi connectivity index (χ4v) is 5.93. The summed E-state index contributed by atoms with van der Waals surface area (Å²) in [4.78, 5) is 4.86. The Kier molecular flexibility index (Phi) is 13.2. The molecule has 5 rings (SSSR count). The second-order valence-electron chi connectivity index (χ2n) is 10.7. The van der Waals surface area contributed by atoms with Gasteiger partial charge in [-0.15, -0.1) is 0 Å². The van der Waals surface area contributed by atoms with Gasteiger partial charge in [0.2, 0.25) is 22.4 Å². The normalized spacial score (nSPS) is 11.2. The SMILES string of the molecule is CCN(CC)c1cc(/C=C/c2ccc(/C=C/c3cc(N(CC)CC)c4ccccc4[n+]3C)cc2)[n+](C)c2ccccc12.[I-].[I-]. The van der Waals surface area contributed by atoms with Gasteiger partial charge in [-0.3, -0.25) is 0 Å². The number of hydrogen-bond donors (Lipinski definition) is 0. The third kappa shape index (κ3) is 7.45. The first-order chi connectivity index (χ1) is 20.5. The molecule has 0 fully saturated rings. The van der Waals surface area contributed by atoms with Crippen LogP contribution in [0.15, 0.2) is 84.9 Å². The largest absolute Gasteiger partial charge is 1.00 e. The average molecular weight is 811 g/mol. The molecule has 0 N–H and O–H groups in total. The zero-order valence-corrected chi connectivity index (χ0v) is 31.1. The molecule has 4 nitrogen and oxygen atoms in total. The van der Waals surface area contributed by atoms with Crippen LogP contribution in [0.25, 0.3) is 46.1 Å². The number of fused-ring (bicyclic) bond motifs is 2. The van der Waals surface area contributed by atoms with E-state index in [1.807, 2.05) is 0 Å². The summed E-state index contributed by atoms with van der Waals surface area (Å²) in [6, 6.07) is 30.8. The van der Waals surface area contributed by atoms with Crippen molar-refractivity contribution in [1.82, 2.24) is 0 Å². The summed E-state index contributed by atoms with van der Waals surface area (Å²) in [6.45, 7) is 12.8. The number of benzene rings is 3. The molecule has 6 heteroatoms. The summed E-state index contributed by atoms with van der Waals surface area (Å²) in [5.41, 5.74) is 9.81. The highest BCUT2D eigenvalue weighted by atomic mass is 127. The van der Waals surface area contributed by atoms with Crippen molar-refractivity contribution in [3.8, 4) is 0 Å². The number of aromatic nitrogens is 2. The third-order valence-electron chi connectivity index (χ3n) is 8.46. The summed E-state index contributed by atoms with van der Waals surface area (Å²) >= 11 is 0. The van der Waals surface area contributed by atoms with Crippen LogP contribution >= 0.6 is 0 Å². The van der Waals surface area contributed by atoms with Gasteiger partial charge in [0.1, 0.15) is 14.1 Å². The molecule has 3 aromatic carbocycles. The standard InChI is InChI=1S/C38H44N4.2HI/c1-7-41(8-2)37-27-31(39(5)35-17-13-11-15-33(35)37)25-23-29-19-21-30(22-20-29)24-26-32-28-38(42(9-3)10-4)34-16-12-14-18-36(34)40(32)6;;/h11-28H,7-10H2,1-6H3;2*1H/q+2;;/p-2/b25-23+,26-24+;;. The summed E-state index contributed by atoms with van der Waals surface area (Å²) in [5, 5.41) is 2.59. The highest BCUT2D eigenvalue weighted by Crippen LogP contribution is 2.28. The highest BCUT2D eigenvalue weighted by molar-refractivity contribution is 5.92. The van der Waals surface area contributed by atoms with E-state index < -0.39 is 0 Å². The van der Waals surface area contributed by atoms with Crippen LogP contribution in [0.5, 0.6) is 0 Å². The van der Waals surface area contributed by atoms with E-state index in [1.54, 1.807) is 0 Å². The second-order valence-corrected chi connectivity index (χ2v) is 10.7. The van der Waals surface area contributed by atoms with Gasteiger partial charge in [0, 0.05) is 62.6 Å². The lowest BCUT2D eigenvalue weighted by Crippen LogP contribution is -3.00. The zero-order valence-electron chi connectivity index (χ0n) is 26.8. The maximum Gasteiger partial charge on any atom is 0.214 e. The molecule has 0 amide bonds. The molecule has 2 aromatic heterocycles. The maximum atomic E-state index is 2.43. The van der Waals surface area contributed by atoms with E-state index in [4.69, 9.17) is 0 Å². The minimum atomic E-state index is 0. The van der Waals surface area contributed by atoms with E-state index in [0.717, 1.165) is 26.2 Å². The van der Waals surface area contributed by atoms with Gasteiger partial charge in [-0.05, 0) is 63.1 Å². The first kappa shape index (κ1) is 35.5. The number of pyridine rings is 2. The van der Waals surface area contributed by atoms with Gasteiger partial charge in [0.25, 0.3) is 0 Å². The molecule has 0 radical (unpaired) electrons. The molecule has 0 saturated carbocycles. The number of halogens is 2. The minimum Gasteiger partial charge on any atom is -1.00 e. The lowest BCUT2D eigenvalue weighted by atomic mass is 10.1. The first-order valence-electron chi connectivity index (χ1n) is 15.3. The van der Waals surface area contributed by atoms with Crippen LogP contribution in [0.3, 0.4) is 0 Å². The first-order valence-corrected chi connectivity index (χ1v) is 15.3. The van der Waals surface area contributed by atoms with E-state index in [1.165, 1.54) is 55.7 Å². The zero-order chi connectivity index (χ0) is 29.6. The predicted molar refractivity (Wildman–Crippen MR) is 182 cm³/mol. The van der Waals surface area contributed by atoms with Crippen molar-refractivity contribution in [3.05, 3.63) is 107 Å². The fourth-order valence-electron chi connectivity index (χ4n) is 5.93. The number of aryl methyl sites for hydroxylation is 2. The van der Waals surface area contributed by atoms with Gasteiger partial charge >= 0.3 is 0 Å². The molecule has 0 spiro atoms. The number of hydrogen-bond acceptors (Lipinski definition) is 2. The molecule has 0 bridgehead atoms. The molecular formula is C38H44I2N4. The Balaban J connectivity index is 0.00000264. The lowest BCUT2D eigenvalue weighted by molar-refractivity contribution is -0.646. The lowest BCUT2D eigenvalue weighted by Gasteiger charge is -2.22. The highest BCUT2D eigenvalue weighted by Gasteiger charge is 2.18. The molecule has 44 heavy (non-hydrogen) atoms. The van der Waals surface area contributed by atoms with Crippen LogP contribution in [0.1, 0.15) is 50.2 Å². The number of rotatable bonds is 10. The topological polar surface area (TPSA) is 14.2 Å². The Morgan fingerprint density at radius 2 is 0.841 bits per heavy atom. The molecule has 0 aliphatic rings. The van der Waals surface area contributed by atoms with Gasteiger partial charge in [-0.1, -0.05) is 48.5 Å². The summed E-state index contributed by atoms with van der Waals surface area (Å²) in [6.07, 6.45) is 8.88. The van der Waals surface area contributed by atoms with Gasteiger partial charge < -0.3 is 57.8 Å². The molecule has 0 unspecified atom stereocenters. The molecule has 230 valence electrons. The van der Waals surface area contributed by atoms with E-state index in [9.17, 15) is 0 Å². The van der Waals surface area contributed by atoms with Crippen molar-refractivity contribution < 1.29 is 57.1 Å². The second kappa shape index (κ2) is 16.4. The number of para-hydroxylation sites is 2. The maximum absolute atomic E-state index is 2.43. The molecule has 0 aliphatic heterocycles. The predicted octanol–water partition coefficient (Wildman–Crippen LogP) is 1.68. The monoisotopic (exact) mass is 810 g/mol. The van der Waals surface area contributed by atoms with Crippen LogP contribution in [-0.4, -0.2) is 26.2 Å². The van der Waals surface area contributed by atoms with Crippen LogP contribution in [-0.2, 0) is 14.1 Å². The van der Waals surface area contributed by atoms with Crippen LogP contribution in [0.2, 0.25) is 0 Å². The van der Waals surface area contributed by atoms with Crippen molar-refractivity contribution in [2.24, 2.45) is 14.1 Å². The summed E-state index contributed by atoms with van der Waals surface area (Å²) in [7, 11) is 4.31. The van der Waals surface area contributed by atoms with Crippen molar-refractivity contribution in [2.45, 2.75) is 27.7 Å². The summed E-state index contributed by atoms with van der Waals surface area (Å²) in [5.74, 6) is 0. The van der Waals surface area contributed by atoms with E-state index in [2.05, 4.69) is 170 Å². The molecule has 2 heterocycles. The Hall–Kier alpha value is -2.98. The van der Waals surface area contributed by atoms with Crippen molar-refractivity contribution in [1.29, 1.82) is 0 Å². The number of nitrogens with zero attached hydrogens (tertiary/aromatic N) is 4. The molecular weight excluding hydrogens is 766 g/mol. The van der Waals surface area contributed by atoms with Gasteiger partial charge in [0.05, 0.1) is 22.1 Å². The third-order valence-corrected chi connectivity index (χ3v) is 8.46. The molecule has 5 aromatic rings. The Morgan fingerprint density at radius 3 is 1.18 bits per heavy atom. The van der Waals surface area contributed by atoms with Crippen molar-refractivity contribution in [2.75, 3.05) is 36.0 Å². The fraction of sp³-hybridized carbons (Fsp3) is 0.263. The van der Waals surface area contributed by atoms with Gasteiger partial charge in [0.15, 0.2) is 0 Å². The van der Waals surface area contributed by atoms with Crippen molar-refractivity contribution >= 4 is 57.5 Å². The smallest absolute Gasteiger partial charge is 0.214 e. The average Bonchev–Trinajstić information content (AvgIpc) is 3.03. The Bertz CT molecular complexity index is 1620. The molecule has 0 saturated heterocycles. The van der Waals surface area contributed by atoms with E-state index in [0.29, 0.717) is 0 Å². The van der Waals surface area contributed by atoms with E-state index >= 15 is 0 Å². The Labute approximate surface area is 297 Å².